The topological polar surface area (TPSA) is 65.1 Å². The Morgan fingerprint density at radius 1 is 1.30 bits per heavy atom. The maximum absolute atomic E-state index is 14.0. The molecule has 3 rings (SSSR count). The number of carbonyl (C=O) groups excluding carboxylic acids is 2. The summed E-state index contributed by atoms with van der Waals surface area (Å²) in [5, 5.41) is 0. The standard InChI is InChI=1S/C18H19FN2O2/c1-11-13(9-17(20)23)18-15(7-4-8-16(18)22)21(11)10-12-5-2-3-6-14(12)19/h2-3,5-6H,4,7-10H2,1H3,(H2,20,23). The molecule has 0 radical (unpaired) electrons. The fraction of sp³-hybridized carbons (Fsp3) is 0.333. The van der Waals surface area contributed by atoms with Crippen molar-refractivity contribution in [2.24, 2.45) is 5.73 Å². The van der Waals surface area contributed by atoms with E-state index in [0.717, 1.165) is 24.2 Å². The Morgan fingerprint density at radius 3 is 2.74 bits per heavy atom. The zero-order chi connectivity index (χ0) is 16.6. The highest BCUT2D eigenvalue weighted by Crippen LogP contribution is 2.31. The minimum Gasteiger partial charge on any atom is -0.369 e. The summed E-state index contributed by atoms with van der Waals surface area (Å²) >= 11 is 0. The van der Waals surface area contributed by atoms with Crippen molar-refractivity contribution in [2.75, 3.05) is 0 Å². The number of halogens is 1. The summed E-state index contributed by atoms with van der Waals surface area (Å²) in [4.78, 5) is 23.7. The van der Waals surface area contributed by atoms with Crippen LogP contribution in [-0.2, 0) is 24.2 Å². The Labute approximate surface area is 134 Å². The van der Waals surface area contributed by atoms with Crippen LogP contribution in [0.5, 0.6) is 0 Å². The van der Waals surface area contributed by atoms with Crippen molar-refractivity contribution in [1.82, 2.24) is 4.57 Å². The summed E-state index contributed by atoms with van der Waals surface area (Å²) in [7, 11) is 0. The molecule has 5 heteroatoms. The largest absolute Gasteiger partial charge is 0.369 e. The van der Waals surface area contributed by atoms with Gasteiger partial charge >= 0.3 is 0 Å². The molecule has 120 valence electrons. The Kier molecular flexibility index (Phi) is 4.03. The number of hydrogen-bond donors (Lipinski definition) is 1. The Bertz CT molecular complexity index is 793. The second-order valence-corrected chi connectivity index (χ2v) is 5.98. The van der Waals surface area contributed by atoms with E-state index in [1.165, 1.54) is 6.07 Å². The van der Waals surface area contributed by atoms with Gasteiger partial charge in [0.2, 0.25) is 5.91 Å². The van der Waals surface area contributed by atoms with Gasteiger partial charge in [0.15, 0.2) is 5.78 Å². The van der Waals surface area contributed by atoms with Gasteiger partial charge in [0.05, 0.1) is 13.0 Å². The van der Waals surface area contributed by atoms with E-state index in [1.807, 2.05) is 11.5 Å². The number of aromatic nitrogens is 1. The quantitative estimate of drug-likeness (QED) is 0.942. The summed E-state index contributed by atoms with van der Waals surface area (Å²) in [5.74, 6) is -0.678. The van der Waals surface area contributed by atoms with Gasteiger partial charge in [-0.1, -0.05) is 18.2 Å². The van der Waals surface area contributed by atoms with Crippen LogP contribution >= 0.6 is 0 Å². The molecule has 2 N–H and O–H groups in total. The first-order chi connectivity index (χ1) is 11.0. The Balaban J connectivity index is 2.12. The molecule has 1 aromatic heterocycles. The summed E-state index contributed by atoms with van der Waals surface area (Å²) in [6.45, 7) is 2.22. The Hall–Kier alpha value is -2.43. The van der Waals surface area contributed by atoms with E-state index in [1.54, 1.807) is 18.2 Å². The van der Waals surface area contributed by atoms with Gasteiger partial charge in [-0.3, -0.25) is 9.59 Å². The lowest BCUT2D eigenvalue weighted by molar-refractivity contribution is -0.117. The Morgan fingerprint density at radius 2 is 2.04 bits per heavy atom. The van der Waals surface area contributed by atoms with Crippen molar-refractivity contribution in [3.8, 4) is 0 Å². The van der Waals surface area contributed by atoms with Gasteiger partial charge in [0.1, 0.15) is 5.82 Å². The van der Waals surface area contributed by atoms with Crippen LogP contribution in [0.2, 0.25) is 0 Å². The molecule has 0 unspecified atom stereocenters. The van der Waals surface area contributed by atoms with Gasteiger partial charge in [0.25, 0.3) is 0 Å². The third-order valence-electron chi connectivity index (χ3n) is 4.49. The SMILES string of the molecule is Cc1c(CC(N)=O)c2c(n1Cc1ccccc1F)CCCC2=O. The van der Waals surface area contributed by atoms with E-state index in [2.05, 4.69) is 0 Å². The van der Waals surface area contributed by atoms with Crippen LogP contribution in [0.25, 0.3) is 0 Å². The molecule has 4 nitrogen and oxygen atoms in total. The normalized spacial score (nSPS) is 13.9. The van der Waals surface area contributed by atoms with Gasteiger partial charge in [-0.25, -0.2) is 4.39 Å². The maximum Gasteiger partial charge on any atom is 0.221 e. The first-order valence-electron chi connectivity index (χ1n) is 7.74. The minimum atomic E-state index is -0.461. The highest BCUT2D eigenvalue weighted by atomic mass is 19.1. The third-order valence-corrected chi connectivity index (χ3v) is 4.49. The molecule has 0 bridgehead atoms. The van der Waals surface area contributed by atoms with Crippen LogP contribution in [0, 0.1) is 12.7 Å². The molecule has 0 saturated heterocycles. The molecule has 0 fully saturated rings. The zero-order valence-corrected chi connectivity index (χ0v) is 13.1. The van der Waals surface area contributed by atoms with Crippen molar-refractivity contribution in [1.29, 1.82) is 0 Å². The van der Waals surface area contributed by atoms with Crippen LogP contribution < -0.4 is 5.73 Å². The van der Waals surface area contributed by atoms with Gasteiger partial charge in [0, 0.05) is 28.9 Å². The number of Topliss-reactive ketones (excluding diaryl/α,β-unsaturated/α-hetero) is 1. The van der Waals surface area contributed by atoms with E-state index in [0.29, 0.717) is 29.7 Å². The molecule has 1 heterocycles. The summed E-state index contributed by atoms with van der Waals surface area (Å²) in [6.07, 6.45) is 2.07. The van der Waals surface area contributed by atoms with E-state index in [9.17, 15) is 14.0 Å². The van der Waals surface area contributed by atoms with Crippen LogP contribution in [0.3, 0.4) is 0 Å². The number of primary amides is 1. The van der Waals surface area contributed by atoms with Crippen LogP contribution in [0.1, 0.15) is 45.7 Å². The number of carbonyl (C=O) groups is 2. The van der Waals surface area contributed by atoms with Crippen molar-refractivity contribution >= 4 is 11.7 Å². The van der Waals surface area contributed by atoms with Gasteiger partial charge in [-0.05, 0) is 31.4 Å². The van der Waals surface area contributed by atoms with Crippen molar-refractivity contribution in [3.05, 3.63) is 58.2 Å². The summed E-state index contributed by atoms with van der Waals surface area (Å²) < 4.78 is 15.9. The van der Waals surface area contributed by atoms with Gasteiger partial charge in [-0.2, -0.15) is 0 Å². The molecule has 1 aliphatic rings. The van der Waals surface area contributed by atoms with Crippen LogP contribution in [-0.4, -0.2) is 16.3 Å². The minimum absolute atomic E-state index is 0.0458. The highest BCUT2D eigenvalue weighted by molar-refractivity contribution is 6.01. The molecular formula is C18H19FN2O2. The molecule has 1 amide bonds. The molecule has 0 aliphatic heterocycles. The fourth-order valence-electron chi connectivity index (χ4n) is 3.39. The van der Waals surface area contributed by atoms with Crippen molar-refractivity contribution < 1.29 is 14.0 Å². The maximum atomic E-state index is 14.0. The predicted molar refractivity (Wildman–Crippen MR) is 84.8 cm³/mol. The molecule has 0 saturated carbocycles. The molecule has 1 aromatic carbocycles. The van der Waals surface area contributed by atoms with Crippen LogP contribution in [0.15, 0.2) is 24.3 Å². The van der Waals surface area contributed by atoms with E-state index >= 15 is 0 Å². The predicted octanol–water partition coefficient (Wildman–Crippen LogP) is 2.53. The first kappa shape index (κ1) is 15.5. The summed E-state index contributed by atoms with van der Waals surface area (Å²) in [5.41, 5.74) is 8.96. The fourth-order valence-corrected chi connectivity index (χ4v) is 3.39. The van der Waals surface area contributed by atoms with Crippen molar-refractivity contribution in [3.63, 3.8) is 0 Å². The second-order valence-electron chi connectivity index (χ2n) is 5.98. The second kappa shape index (κ2) is 5.99. The molecule has 0 spiro atoms. The average molecular weight is 314 g/mol. The highest BCUT2D eigenvalue weighted by Gasteiger charge is 2.28. The molecular weight excluding hydrogens is 295 g/mol. The third kappa shape index (κ3) is 2.79. The van der Waals surface area contributed by atoms with Gasteiger partial charge < -0.3 is 10.3 Å². The van der Waals surface area contributed by atoms with Gasteiger partial charge in [-0.15, -0.1) is 0 Å². The number of hydrogen-bond acceptors (Lipinski definition) is 2. The number of fused-ring (bicyclic) bond motifs is 1. The lowest BCUT2D eigenvalue weighted by Gasteiger charge is -2.16. The number of nitrogens with zero attached hydrogens (tertiary/aromatic N) is 1. The molecule has 23 heavy (non-hydrogen) atoms. The number of ketones is 1. The molecule has 1 aliphatic carbocycles. The number of benzene rings is 1. The molecule has 2 aromatic rings. The summed E-state index contributed by atoms with van der Waals surface area (Å²) in [6, 6.07) is 6.60. The number of rotatable bonds is 4. The average Bonchev–Trinajstić information content (AvgIpc) is 2.76. The number of amides is 1. The van der Waals surface area contributed by atoms with E-state index in [-0.39, 0.29) is 18.0 Å². The zero-order valence-electron chi connectivity index (χ0n) is 13.1. The van der Waals surface area contributed by atoms with Crippen LogP contribution in [0.4, 0.5) is 4.39 Å². The van der Waals surface area contributed by atoms with E-state index in [4.69, 9.17) is 5.73 Å². The van der Waals surface area contributed by atoms with Crippen molar-refractivity contribution in [2.45, 2.75) is 39.2 Å². The number of nitrogens with two attached hydrogens (primary N) is 1. The van der Waals surface area contributed by atoms with E-state index < -0.39 is 5.91 Å². The monoisotopic (exact) mass is 314 g/mol. The lowest BCUT2D eigenvalue weighted by Crippen LogP contribution is -2.18. The smallest absolute Gasteiger partial charge is 0.221 e. The first-order valence-corrected chi connectivity index (χ1v) is 7.74. The molecule has 0 atom stereocenters. The lowest BCUT2D eigenvalue weighted by atomic mass is 9.92.